The van der Waals surface area contributed by atoms with Gasteiger partial charge in [-0.2, -0.15) is 0 Å². The fraction of sp³-hybridized carbons (Fsp3) is 0.796. The van der Waals surface area contributed by atoms with E-state index >= 15 is 0 Å². The van der Waals surface area contributed by atoms with E-state index in [9.17, 15) is 33.9 Å². The van der Waals surface area contributed by atoms with Crippen molar-refractivity contribution >= 4 is 35.6 Å². The minimum Gasteiger partial charge on any atom is -0.481 e. The van der Waals surface area contributed by atoms with Crippen LogP contribution in [0.25, 0.3) is 0 Å². The number of hydrogen-bond acceptors (Lipinski definition) is 8. The monoisotopic (exact) mass is 848 g/mol. The molecule has 0 aliphatic heterocycles. The molecule has 0 aliphatic rings. The van der Waals surface area contributed by atoms with Crippen molar-refractivity contribution < 1.29 is 48.5 Å². The van der Waals surface area contributed by atoms with E-state index in [0.29, 0.717) is 6.42 Å². The molecule has 2 atom stereocenters. The highest BCUT2D eigenvalue weighted by Crippen LogP contribution is 2.16. The summed E-state index contributed by atoms with van der Waals surface area (Å²) < 4.78 is 10.9. The number of carboxylic acid groups (broad SMARTS) is 2. The van der Waals surface area contributed by atoms with E-state index in [2.05, 4.69) is 43.5 Å². The number of carboxylic acids is 2. The molecule has 0 aromatic heterocycles. The van der Waals surface area contributed by atoms with Crippen molar-refractivity contribution in [3.8, 4) is 0 Å². The number of nitrogens with one attached hydrogen (secondary N) is 1. The maximum atomic E-state index is 12.9. The van der Waals surface area contributed by atoms with Crippen LogP contribution < -0.4 is 5.32 Å². The first-order valence-corrected chi connectivity index (χ1v) is 24.0. The van der Waals surface area contributed by atoms with Gasteiger partial charge in [-0.15, -0.1) is 0 Å². The van der Waals surface area contributed by atoms with Crippen LogP contribution in [-0.2, 0) is 38.2 Å². The molecule has 11 heteroatoms. The molecule has 60 heavy (non-hydrogen) atoms. The summed E-state index contributed by atoms with van der Waals surface area (Å²) >= 11 is 0. The number of rotatable bonds is 44. The molecule has 1 unspecified atom stereocenters. The number of ether oxygens (including phenoxy) is 2. The topological polar surface area (TPSA) is 173 Å². The molecule has 0 fully saturated rings. The van der Waals surface area contributed by atoms with Gasteiger partial charge < -0.3 is 25.0 Å². The quantitative estimate of drug-likeness (QED) is 0.0304. The van der Waals surface area contributed by atoms with E-state index in [4.69, 9.17) is 14.6 Å². The Morgan fingerprint density at radius 3 is 1.32 bits per heavy atom. The first-order valence-electron chi connectivity index (χ1n) is 24.0. The largest absolute Gasteiger partial charge is 0.481 e. The van der Waals surface area contributed by atoms with Gasteiger partial charge in [-0.25, -0.2) is 4.79 Å². The Morgan fingerprint density at radius 1 is 0.483 bits per heavy atom. The van der Waals surface area contributed by atoms with Crippen LogP contribution in [0.1, 0.15) is 226 Å². The van der Waals surface area contributed by atoms with Crippen LogP contribution in [0.2, 0.25) is 0 Å². The van der Waals surface area contributed by atoms with Gasteiger partial charge in [0.15, 0.2) is 0 Å². The van der Waals surface area contributed by atoms with Gasteiger partial charge >= 0.3 is 23.9 Å². The van der Waals surface area contributed by atoms with Crippen LogP contribution in [0, 0.1) is 5.92 Å². The summed E-state index contributed by atoms with van der Waals surface area (Å²) in [7, 11) is 0. The number of Topliss-reactive ketones (excluding diaryl/α,β-unsaturated/α-hetero) is 1. The number of carbonyl (C=O) groups is 6. The molecule has 3 N–H and O–H groups in total. The van der Waals surface area contributed by atoms with Gasteiger partial charge in [-0.05, 0) is 70.6 Å². The van der Waals surface area contributed by atoms with Gasteiger partial charge in [-0.1, -0.05) is 141 Å². The third-order valence-electron chi connectivity index (χ3n) is 10.7. The number of esters is 2. The first-order chi connectivity index (χ1) is 29.1. The van der Waals surface area contributed by atoms with Crippen LogP contribution in [0.15, 0.2) is 24.3 Å². The van der Waals surface area contributed by atoms with Crippen LogP contribution in [0.4, 0.5) is 0 Å². The second kappa shape index (κ2) is 42.2. The molecule has 11 nitrogen and oxygen atoms in total. The Bertz CT molecular complexity index is 1180. The van der Waals surface area contributed by atoms with E-state index in [1.165, 1.54) is 77.0 Å². The van der Waals surface area contributed by atoms with Gasteiger partial charge in [0.25, 0.3) is 0 Å². The van der Waals surface area contributed by atoms with Gasteiger partial charge in [0.05, 0.1) is 19.6 Å². The minimum atomic E-state index is -1.39. The summed E-state index contributed by atoms with van der Waals surface area (Å²) in [5.74, 6) is -4.84. The zero-order valence-corrected chi connectivity index (χ0v) is 37.9. The van der Waals surface area contributed by atoms with Gasteiger partial charge in [0.1, 0.15) is 11.8 Å². The molecular formula is C49H85NO10. The van der Waals surface area contributed by atoms with Crippen molar-refractivity contribution in [2.45, 2.75) is 232 Å². The highest BCUT2D eigenvalue weighted by atomic mass is 16.5. The van der Waals surface area contributed by atoms with E-state index < -0.39 is 42.2 Å². The standard InChI is InChI=1S/C49H85NO10/c1-3-5-7-9-11-13-15-17-19-21-23-25-27-29-31-33-43(51)39-42(41-60-48(56)38-36-45(52)50-44(49(57)58)35-37-46(53)54)40-59-47(55)34-32-30-28-26-24-22-20-18-16-14-12-10-8-6-4-2/h17-20,42,44H,3-16,21-41H2,1-2H3,(H,50,52)(H,53,54)(H,57,58)/b19-17-,20-18-/t42-,44?/m0/s1. The summed E-state index contributed by atoms with van der Waals surface area (Å²) in [5, 5.41) is 20.3. The summed E-state index contributed by atoms with van der Waals surface area (Å²) in [5.41, 5.74) is 0. The number of aliphatic carboxylic acids is 2. The molecule has 0 saturated heterocycles. The van der Waals surface area contributed by atoms with Crippen molar-refractivity contribution in [1.29, 1.82) is 0 Å². The Balaban J connectivity index is 4.61. The molecule has 0 heterocycles. The lowest BCUT2D eigenvalue weighted by atomic mass is 10.00. The molecule has 0 aromatic carbocycles. The second-order valence-corrected chi connectivity index (χ2v) is 16.5. The molecule has 0 bridgehead atoms. The summed E-state index contributed by atoms with van der Waals surface area (Å²) in [6.45, 7) is 4.27. The summed E-state index contributed by atoms with van der Waals surface area (Å²) in [6, 6.07) is -1.39. The second-order valence-electron chi connectivity index (χ2n) is 16.5. The average molecular weight is 848 g/mol. The zero-order valence-electron chi connectivity index (χ0n) is 37.9. The fourth-order valence-electron chi connectivity index (χ4n) is 6.90. The Labute approximate surface area is 363 Å². The van der Waals surface area contributed by atoms with Gasteiger partial charge in [0.2, 0.25) is 5.91 Å². The molecule has 1 amide bonds. The lowest BCUT2D eigenvalue weighted by Crippen LogP contribution is -2.41. The van der Waals surface area contributed by atoms with Crippen molar-refractivity contribution in [2.75, 3.05) is 13.2 Å². The van der Waals surface area contributed by atoms with Crippen LogP contribution in [0.5, 0.6) is 0 Å². The lowest BCUT2D eigenvalue weighted by molar-refractivity contribution is -0.151. The molecule has 0 saturated carbocycles. The van der Waals surface area contributed by atoms with Crippen LogP contribution in [-0.4, -0.2) is 65.0 Å². The maximum Gasteiger partial charge on any atom is 0.326 e. The average Bonchev–Trinajstić information content (AvgIpc) is 3.22. The third kappa shape index (κ3) is 39.9. The van der Waals surface area contributed by atoms with Crippen molar-refractivity contribution in [3.05, 3.63) is 24.3 Å². The van der Waals surface area contributed by atoms with E-state index in [0.717, 1.165) is 89.9 Å². The Hall–Kier alpha value is -3.50. The van der Waals surface area contributed by atoms with Crippen molar-refractivity contribution in [3.63, 3.8) is 0 Å². The lowest BCUT2D eigenvalue weighted by Gasteiger charge is -2.17. The number of hydrogen-bond donors (Lipinski definition) is 3. The van der Waals surface area contributed by atoms with Crippen LogP contribution >= 0.6 is 0 Å². The Kier molecular flexibility index (Phi) is 39.7. The molecule has 0 radical (unpaired) electrons. The van der Waals surface area contributed by atoms with E-state index in [1.54, 1.807) is 0 Å². The predicted molar refractivity (Wildman–Crippen MR) is 240 cm³/mol. The summed E-state index contributed by atoms with van der Waals surface area (Å²) in [4.78, 5) is 72.5. The number of unbranched alkanes of at least 4 members (excludes halogenated alkanes) is 22. The van der Waals surface area contributed by atoms with E-state index in [-0.39, 0.29) is 57.1 Å². The Morgan fingerprint density at radius 2 is 0.883 bits per heavy atom. The van der Waals surface area contributed by atoms with Crippen LogP contribution in [0.3, 0.4) is 0 Å². The van der Waals surface area contributed by atoms with Crippen molar-refractivity contribution in [1.82, 2.24) is 5.32 Å². The van der Waals surface area contributed by atoms with Gasteiger partial charge in [0, 0.05) is 38.0 Å². The SMILES string of the molecule is CCCCCCCC/C=C\CCCCCCCC(=O)C[C@@H](COC(=O)CCCCCCC/C=C\CCCCCCCC)COC(=O)CCC(=O)NC(CCC(=O)O)C(=O)O. The zero-order chi connectivity index (χ0) is 44.3. The number of ketones is 1. The van der Waals surface area contributed by atoms with E-state index in [1.807, 2.05) is 0 Å². The maximum absolute atomic E-state index is 12.9. The number of carbonyl (C=O) groups excluding carboxylic acids is 4. The fourth-order valence-corrected chi connectivity index (χ4v) is 6.90. The summed E-state index contributed by atoms with van der Waals surface area (Å²) in [6.07, 6.45) is 38.9. The normalized spacial score (nSPS) is 12.4. The highest BCUT2D eigenvalue weighted by Gasteiger charge is 2.22. The predicted octanol–water partition coefficient (Wildman–Crippen LogP) is 11.9. The van der Waals surface area contributed by atoms with Gasteiger partial charge in [-0.3, -0.25) is 24.0 Å². The highest BCUT2D eigenvalue weighted by molar-refractivity contribution is 5.86. The number of allylic oxidation sites excluding steroid dienone is 4. The van der Waals surface area contributed by atoms with Crippen molar-refractivity contribution in [2.24, 2.45) is 5.92 Å². The molecule has 346 valence electrons. The molecular weight excluding hydrogens is 763 g/mol. The number of amides is 1. The molecule has 0 aliphatic carbocycles. The first kappa shape index (κ1) is 56.5. The minimum absolute atomic E-state index is 0.0161. The smallest absolute Gasteiger partial charge is 0.326 e. The molecule has 0 rings (SSSR count). The third-order valence-corrected chi connectivity index (χ3v) is 10.7. The molecule has 0 spiro atoms. The molecule has 0 aromatic rings.